The number of non-ortho nitro benzene ring substituents is 1. The average Bonchev–Trinajstić information content (AvgIpc) is 2.84. The number of benzene rings is 1. The number of nitrogens with zero attached hydrogens (tertiary/aromatic N) is 3. The number of nitro benzene ring substituents is 1. The van der Waals surface area contributed by atoms with Crippen LogP contribution in [0.2, 0.25) is 0 Å². The largest absolute Gasteiger partial charge is 0.412 e. The van der Waals surface area contributed by atoms with Crippen molar-refractivity contribution in [3.63, 3.8) is 0 Å². The van der Waals surface area contributed by atoms with Crippen LogP contribution in [0, 0.1) is 22.0 Å². The Kier molecular flexibility index (Phi) is 12.8. The fourth-order valence-corrected chi connectivity index (χ4v) is 6.28. The molecule has 0 unspecified atom stereocenters. The van der Waals surface area contributed by atoms with Crippen LogP contribution in [-0.2, 0) is 4.79 Å². The Labute approximate surface area is 220 Å². The minimum Gasteiger partial charge on any atom is -0.412 e. The Morgan fingerprint density at radius 1 is 0.944 bits per heavy atom. The molecule has 2 amide bonds. The van der Waals surface area contributed by atoms with E-state index in [0.717, 1.165) is 77.2 Å². The van der Waals surface area contributed by atoms with E-state index in [0.29, 0.717) is 12.1 Å². The Bertz CT molecular complexity index is 834. The summed E-state index contributed by atoms with van der Waals surface area (Å²) in [6.07, 6.45) is 10.8. The third-order valence-electron chi connectivity index (χ3n) is 7.85. The zero-order valence-electron chi connectivity index (χ0n) is 21.6. The SMILES string of the molecule is CN(C)CCCN(C(=O)c1ccc([N+](=O)[O-])cc1)C(C(N)=O)(C1CCCCC1)C1CCCCC1.Cl.O. The Hall–Kier alpha value is -2.23. The van der Waals surface area contributed by atoms with Gasteiger partial charge in [-0.1, -0.05) is 38.5 Å². The van der Waals surface area contributed by atoms with Crippen molar-refractivity contribution in [2.75, 3.05) is 27.2 Å². The summed E-state index contributed by atoms with van der Waals surface area (Å²) in [4.78, 5) is 42.2. The quantitative estimate of drug-likeness (QED) is 0.362. The lowest BCUT2D eigenvalue weighted by molar-refractivity contribution is -0.384. The maximum absolute atomic E-state index is 14.1. The van der Waals surface area contributed by atoms with Gasteiger partial charge >= 0.3 is 0 Å². The zero-order valence-corrected chi connectivity index (χ0v) is 22.4. The van der Waals surface area contributed by atoms with Gasteiger partial charge in [0.05, 0.1) is 4.92 Å². The van der Waals surface area contributed by atoms with Crippen molar-refractivity contribution in [1.29, 1.82) is 0 Å². The van der Waals surface area contributed by atoms with Crippen LogP contribution >= 0.6 is 12.4 Å². The molecule has 0 aliphatic heterocycles. The number of nitro groups is 1. The molecule has 0 atom stereocenters. The first-order valence-corrected chi connectivity index (χ1v) is 12.8. The predicted molar refractivity (Wildman–Crippen MR) is 143 cm³/mol. The minimum atomic E-state index is -1.02. The first kappa shape index (κ1) is 31.8. The highest BCUT2D eigenvalue weighted by Gasteiger charge is 2.55. The van der Waals surface area contributed by atoms with Gasteiger partial charge in [0.25, 0.3) is 11.6 Å². The van der Waals surface area contributed by atoms with Gasteiger partial charge in [-0.05, 0) is 76.7 Å². The van der Waals surface area contributed by atoms with Crippen molar-refractivity contribution in [2.24, 2.45) is 17.6 Å². The number of carbonyl (C=O) groups excluding carboxylic acids is 2. The Morgan fingerprint density at radius 2 is 1.42 bits per heavy atom. The molecule has 0 saturated heterocycles. The summed E-state index contributed by atoms with van der Waals surface area (Å²) < 4.78 is 0. The van der Waals surface area contributed by atoms with Crippen LogP contribution in [0.1, 0.15) is 81.0 Å². The molecule has 0 radical (unpaired) electrons. The van der Waals surface area contributed by atoms with Crippen molar-refractivity contribution in [2.45, 2.75) is 76.2 Å². The van der Waals surface area contributed by atoms with E-state index < -0.39 is 10.5 Å². The van der Waals surface area contributed by atoms with Gasteiger partial charge in [0.1, 0.15) is 5.54 Å². The fourth-order valence-electron chi connectivity index (χ4n) is 6.28. The maximum Gasteiger partial charge on any atom is 0.269 e. The summed E-state index contributed by atoms with van der Waals surface area (Å²) in [7, 11) is 3.98. The van der Waals surface area contributed by atoms with Crippen LogP contribution in [0.4, 0.5) is 5.69 Å². The molecule has 0 bridgehead atoms. The summed E-state index contributed by atoms with van der Waals surface area (Å²) in [5.74, 6) is -0.540. The molecule has 1 aromatic rings. The molecule has 2 fully saturated rings. The Balaban J connectivity index is 0.00000324. The number of hydrogen-bond acceptors (Lipinski definition) is 5. The highest BCUT2D eigenvalue weighted by atomic mass is 35.5. The van der Waals surface area contributed by atoms with Gasteiger partial charge in [0.2, 0.25) is 5.91 Å². The van der Waals surface area contributed by atoms with Gasteiger partial charge in [0, 0.05) is 24.2 Å². The lowest BCUT2D eigenvalue weighted by Gasteiger charge is -2.53. The summed E-state index contributed by atoms with van der Waals surface area (Å²) in [6, 6.07) is 5.73. The molecule has 4 N–H and O–H groups in total. The molecule has 2 aliphatic rings. The van der Waals surface area contributed by atoms with Gasteiger partial charge in [-0.15, -0.1) is 12.4 Å². The van der Waals surface area contributed by atoms with Crippen LogP contribution in [-0.4, -0.2) is 64.7 Å². The number of rotatable bonds is 10. The third kappa shape index (κ3) is 6.95. The van der Waals surface area contributed by atoms with Crippen molar-refractivity contribution in [1.82, 2.24) is 9.80 Å². The molecule has 0 spiro atoms. The second kappa shape index (κ2) is 14.5. The monoisotopic (exact) mass is 526 g/mol. The number of primary amides is 1. The van der Waals surface area contributed by atoms with Crippen LogP contribution in [0.5, 0.6) is 0 Å². The normalized spacial score (nSPS) is 17.1. The number of nitrogens with two attached hydrogens (primary N) is 1. The van der Waals surface area contributed by atoms with E-state index in [4.69, 9.17) is 5.73 Å². The number of amides is 2. The van der Waals surface area contributed by atoms with E-state index in [-0.39, 0.29) is 47.2 Å². The molecule has 2 aliphatic carbocycles. The van der Waals surface area contributed by atoms with E-state index in [2.05, 4.69) is 4.90 Å². The van der Waals surface area contributed by atoms with Crippen LogP contribution in [0.3, 0.4) is 0 Å². The van der Waals surface area contributed by atoms with Gasteiger partial charge in [-0.25, -0.2) is 0 Å². The van der Waals surface area contributed by atoms with Gasteiger partial charge in [-0.2, -0.15) is 0 Å². The molecule has 10 heteroatoms. The van der Waals surface area contributed by atoms with E-state index in [1.54, 1.807) is 4.90 Å². The van der Waals surface area contributed by atoms with Crippen molar-refractivity contribution in [3.05, 3.63) is 39.9 Å². The molecule has 0 heterocycles. The standard InChI is InChI=1S/C26H40N4O4.ClH.H2O/c1-28(2)18-9-19-29(24(31)20-14-16-23(17-15-20)30(33)34)26(25(27)32,21-10-5-3-6-11-21)22-12-7-4-8-13-22;;/h14-17,21-22H,3-13,18-19H2,1-2H3,(H2,27,32);1H;1H2. The lowest BCUT2D eigenvalue weighted by Crippen LogP contribution is -2.68. The number of carbonyl (C=O) groups is 2. The van der Waals surface area contributed by atoms with Crippen molar-refractivity contribution in [3.8, 4) is 0 Å². The molecule has 2 saturated carbocycles. The van der Waals surface area contributed by atoms with Gasteiger partial charge in [-0.3, -0.25) is 19.7 Å². The van der Waals surface area contributed by atoms with Crippen molar-refractivity contribution >= 4 is 29.9 Å². The van der Waals surface area contributed by atoms with Crippen molar-refractivity contribution < 1.29 is 20.0 Å². The predicted octanol–water partition coefficient (Wildman–Crippen LogP) is 3.97. The van der Waals surface area contributed by atoms with E-state index in [1.807, 2.05) is 14.1 Å². The summed E-state index contributed by atoms with van der Waals surface area (Å²) in [6.45, 7) is 1.22. The molecule has 3 rings (SSSR count). The molecular weight excluding hydrogens is 484 g/mol. The highest BCUT2D eigenvalue weighted by molar-refractivity contribution is 5.99. The number of hydrogen-bond donors (Lipinski definition) is 1. The van der Waals surface area contributed by atoms with Crippen LogP contribution in [0.25, 0.3) is 0 Å². The van der Waals surface area contributed by atoms with Gasteiger partial charge in [0.15, 0.2) is 0 Å². The first-order valence-electron chi connectivity index (χ1n) is 12.8. The second-order valence-electron chi connectivity index (χ2n) is 10.3. The van der Waals surface area contributed by atoms with E-state index >= 15 is 0 Å². The fraction of sp³-hybridized carbons (Fsp3) is 0.692. The maximum atomic E-state index is 14.1. The average molecular weight is 527 g/mol. The molecule has 0 aromatic heterocycles. The smallest absolute Gasteiger partial charge is 0.269 e. The van der Waals surface area contributed by atoms with E-state index in [9.17, 15) is 19.7 Å². The lowest BCUT2D eigenvalue weighted by atomic mass is 9.62. The second-order valence-corrected chi connectivity index (χ2v) is 10.3. The Morgan fingerprint density at radius 3 is 1.81 bits per heavy atom. The molecule has 204 valence electrons. The molecule has 1 aromatic carbocycles. The highest BCUT2D eigenvalue weighted by Crippen LogP contribution is 2.47. The zero-order chi connectivity index (χ0) is 24.7. The third-order valence-corrected chi connectivity index (χ3v) is 7.85. The summed E-state index contributed by atoms with van der Waals surface area (Å²) in [5.41, 5.74) is 5.60. The summed E-state index contributed by atoms with van der Waals surface area (Å²) in [5, 5.41) is 11.1. The van der Waals surface area contributed by atoms with Crippen LogP contribution < -0.4 is 5.73 Å². The van der Waals surface area contributed by atoms with Crippen LogP contribution in [0.15, 0.2) is 24.3 Å². The first-order chi connectivity index (χ1) is 16.3. The number of halogens is 1. The molecule has 9 nitrogen and oxygen atoms in total. The topological polar surface area (TPSA) is 141 Å². The van der Waals surface area contributed by atoms with Gasteiger partial charge < -0.3 is 21.0 Å². The van der Waals surface area contributed by atoms with E-state index in [1.165, 1.54) is 24.3 Å². The summed E-state index contributed by atoms with van der Waals surface area (Å²) >= 11 is 0. The molecular formula is C26H43ClN4O5. The molecule has 36 heavy (non-hydrogen) atoms. The minimum absolute atomic E-state index is 0.